The van der Waals surface area contributed by atoms with Crippen LogP contribution in [0.15, 0.2) is 53.2 Å². The van der Waals surface area contributed by atoms with Crippen molar-refractivity contribution in [3.8, 4) is 0 Å². The molecule has 1 aromatic carbocycles. The molecule has 0 radical (unpaired) electrons. The zero-order chi connectivity index (χ0) is 16.9. The highest BCUT2D eigenvalue weighted by molar-refractivity contribution is 7.12. The summed E-state index contributed by atoms with van der Waals surface area (Å²) >= 11 is 15.0. The first kappa shape index (κ1) is 17.2. The molecule has 3 aromatic rings. The zero-order valence-corrected chi connectivity index (χ0v) is 15.5. The van der Waals surface area contributed by atoms with E-state index in [1.807, 2.05) is 41.1 Å². The van der Waals surface area contributed by atoms with Crippen molar-refractivity contribution in [1.29, 1.82) is 0 Å². The molecular formula is C18H12Cl2O2S2. The fraction of sp³-hybridized carbons (Fsp3) is 0.0556. The molecule has 0 aliphatic rings. The highest BCUT2D eigenvalue weighted by atomic mass is 35.5. The summed E-state index contributed by atoms with van der Waals surface area (Å²) in [5.74, 6) is -0.364. The second-order valence-corrected chi connectivity index (χ2v) is 7.62. The maximum atomic E-state index is 12.6. The minimum Gasteiger partial charge on any atom is -0.457 e. The lowest BCUT2D eigenvalue weighted by Gasteiger charge is -2.08. The summed E-state index contributed by atoms with van der Waals surface area (Å²) in [6.45, 7) is 0.142. The Labute approximate surface area is 157 Å². The Morgan fingerprint density at radius 1 is 1.04 bits per heavy atom. The number of halogens is 2. The van der Waals surface area contributed by atoms with Crippen molar-refractivity contribution in [2.75, 3.05) is 0 Å². The van der Waals surface area contributed by atoms with E-state index in [0.717, 1.165) is 15.3 Å². The SMILES string of the molecule is O=C(OCc1ccc(Cl)c(Cl)c1)/C(=C/c1cccs1)c1cccs1. The van der Waals surface area contributed by atoms with E-state index in [1.54, 1.807) is 29.5 Å². The second kappa shape index (κ2) is 7.99. The molecule has 2 aromatic heterocycles. The van der Waals surface area contributed by atoms with Crippen LogP contribution in [0.2, 0.25) is 10.0 Å². The number of rotatable bonds is 5. The Kier molecular flexibility index (Phi) is 5.74. The van der Waals surface area contributed by atoms with E-state index < -0.39 is 0 Å². The van der Waals surface area contributed by atoms with Crippen LogP contribution in [0.25, 0.3) is 11.6 Å². The molecule has 0 saturated carbocycles. The van der Waals surface area contributed by atoms with Gasteiger partial charge in [0.2, 0.25) is 0 Å². The number of carbonyl (C=O) groups excluding carboxylic acids is 1. The summed E-state index contributed by atoms with van der Waals surface area (Å²) in [7, 11) is 0. The molecule has 6 heteroatoms. The topological polar surface area (TPSA) is 26.3 Å². The normalized spacial score (nSPS) is 11.5. The number of benzene rings is 1. The molecule has 0 fully saturated rings. The average molecular weight is 395 g/mol. The molecule has 0 amide bonds. The molecule has 0 aliphatic heterocycles. The van der Waals surface area contributed by atoms with Crippen molar-refractivity contribution >= 4 is 63.5 Å². The van der Waals surface area contributed by atoms with E-state index in [4.69, 9.17) is 27.9 Å². The van der Waals surface area contributed by atoms with Gasteiger partial charge in [-0.3, -0.25) is 0 Å². The molecule has 24 heavy (non-hydrogen) atoms. The van der Waals surface area contributed by atoms with Crippen LogP contribution in [0.3, 0.4) is 0 Å². The van der Waals surface area contributed by atoms with Crippen molar-refractivity contribution < 1.29 is 9.53 Å². The van der Waals surface area contributed by atoms with Gasteiger partial charge in [0, 0.05) is 9.75 Å². The monoisotopic (exact) mass is 394 g/mol. The number of esters is 1. The molecule has 0 N–H and O–H groups in total. The Bertz CT molecular complexity index is 853. The fourth-order valence-electron chi connectivity index (χ4n) is 2.03. The van der Waals surface area contributed by atoms with Crippen molar-refractivity contribution in [3.63, 3.8) is 0 Å². The van der Waals surface area contributed by atoms with Gasteiger partial charge < -0.3 is 4.74 Å². The van der Waals surface area contributed by atoms with Gasteiger partial charge in [0.05, 0.1) is 15.6 Å². The van der Waals surface area contributed by atoms with Crippen LogP contribution >= 0.6 is 45.9 Å². The van der Waals surface area contributed by atoms with Crippen molar-refractivity contribution in [2.24, 2.45) is 0 Å². The lowest BCUT2D eigenvalue weighted by Crippen LogP contribution is -2.06. The third-order valence-electron chi connectivity index (χ3n) is 3.19. The molecule has 0 aliphatic carbocycles. The summed E-state index contributed by atoms with van der Waals surface area (Å²) in [4.78, 5) is 14.4. The lowest BCUT2D eigenvalue weighted by atomic mass is 10.2. The number of hydrogen-bond acceptors (Lipinski definition) is 4. The molecule has 0 unspecified atom stereocenters. The highest BCUT2D eigenvalue weighted by Crippen LogP contribution is 2.27. The van der Waals surface area contributed by atoms with Crippen LogP contribution < -0.4 is 0 Å². The van der Waals surface area contributed by atoms with Gasteiger partial charge in [-0.25, -0.2) is 4.79 Å². The fourth-order valence-corrected chi connectivity index (χ4v) is 3.74. The predicted molar refractivity (Wildman–Crippen MR) is 103 cm³/mol. The summed E-state index contributed by atoms with van der Waals surface area (Å²) in [6.07, 6.45) is 1.85. The van der Waals surface area contributed by atoms with Gasteiger partial charge in [-0.1, -0.05) is 41.4 Å². The number of hydrogen-bond donors (Lipinski definition) is 0. The van der Waals surface area contributed by atoms with E-state index in [9.17, 15) is 4.79 Å². The van der Waals surface area contributed by atoms with Gasteiger partial charge >= 0.3 is 5.97 Å². The van der Waals surface area contributed by atoms with Gasteiger partial charge in [-0.15, -0.1) is 22.7 Å². The summed E-state index contributed by atoms with van der Waals surface area (Å²) in [6, 6.07) is 12.9. The van der Waals surface area contributed by atoms with Crippen molar-refractivity contribution in [1.82, 2.24) is 0 Å². The van der Waals surface area contributed by atoms with Gasteiger partial charge in [-0.05, 0) is 46.7 Å². The molecular weight excluding hydrogens is 383 g/mol. The quantitative estimate of drug-likeness (QED) is 0.369. The zero-order valence-electron chi connectivity index (χ0n) is 12.4. The largest absolute Gasteiger partial charge is 0.457 e. The number of ether oxygens (including phenoxy) is 1. The standard InChI is InChI=1S/C18H12Cl2O2S2/c19-15-6-5-12(9-16(15)20)11-22-18(21)14(17-4-2-8-24-17)10-13-3-1-7-23-13/h1-10H,11H2/b14-10+. The number of thiophene rings is 2. The van der Waals surface area contributed by atoms with Crippen LogP contribution in [-0.2, 0) is 16.1 Å². The molecule has 2 heterocycles. The summed E-state index contributed by atoms with van der Waals surface area (Å²) < 4.78 is 5.46. The van der Waals surface area contributed by atoms with Crippen LogP contribution in [0.4, 0.5) is 0 Å². The Hall–Kier alpha value is -1.59. The molecule has 0 saturated heterocycles. The molecule has 122 valence electrons. The Morgan fingerprint density at radius 3 is 2.50 bits per heavy atom. The van der Waals surface area contributed by atoms with E-state index in [-0.39, 0.29) is 12.6 Å². The average Bonchev–Trinajstić information content (AvgIpc) is 3.26. The van der Waals surface area contributed by atoms with Crippen molar-refractivity contribution in [2.45, 2.75) is 6.61 Å². The highest BCUT2D eigenvalue weighted by Gasteiger charge is 2.15. The van der Waals surface area contributed by atoms with E-state index in [1.165, 1.54) is 11.3 Å². The van der Waals surface area contributed by atoms with Gasteiger partial charge in [-0.2, -0.15) is 0 Å². The third kappa shape index (κ3) is 4.28. The maximum absolute atomic E-state index is 12.6. The first-order valence-corrected chi connectivity index (χ1v) is 9.55. The third-order valence-corrected chi connectivity index (χ3v) is 5.65. The molecule has 0 spiro atoms. The van der Waals surface area contributed by atoms with Crippen LogP contribution in [0, 0.1) is 0 Å². The van der Waals surface area contributed by atoms with E-state index in [2.05, 4.69) is 0 Å². The van der Waals surface area contributed by atoms with Crippen LogP contribution in [0.1, 0.15) is 15.3 Å². The first-order valence-electron chi connectivity index (χ1n) is 7.03. The summed E-state index contributed by atoms with van der Waals surface area (Å²) in [5.41, 5.74) is 1.34. The van der Waals surface area contributed by atoms with E-state index in [0.29, 0.717) is 15.6 Å². The lowest BCUT2D eigenvalue weighted by molar-refractivity contribution is -0.137. The minimum atomic E-state index is -0.364. The predicted octanol–water partition coefficient (Wildman–Crippen LogP) is 6.40. The molecule has 0 bridgehead atoms. The smallest absolute Gasteiger partial charge is 0.339 e. The minimum absolute atomic E-state index is 0.142. The van der Waals surface area contributed by atoms with Gasteiger partial charge in [0.25, 0.3) is 0 Å². The Morgan fingerprint density at radius 2 is 1.83 bits per heavy atom. The first-order chi connectivity index (χ1) is 11.6. The maximum Gasteiger partial charge on any atom is 0.339 e. The molecule has 2 nitrogen and oxygen atoms in total. The van der Waals surface area contributed by atoms with Crippen molar-refractivity contribution in [3.05, 3.63) is 78.6 Å². The van der Waals surface area contributed by atoms with E-state index >= 15 is 0 Å². The van der Waals surface area contributed by atoms with Crippen LogP contribution in [0.5, 0.6) is 0 Å². The Balaban J connectivity index is 1.78. The second-order valence-electron chi connectivity index (χ2n) is 4.88. The number of carbonyl (C=O) groups is 1. The van der Waals surface area contributed by atoms with Crippen LogP contribution in [-0.4, -0.2) is 5.97 Å². The molecule has 3 rings (SSSR count). The van der Waals surface area contributed by atoms with Gasteiger partial charge in [0.1, 0.15) is 6.61 Å². The molecule has 0 atom stereocenters. The van der Waals surface area contributed by atoms with Gasteiger partial charge in [0.15, 0.2) is 0 Å². The summed E-state index contributed by atoms with van der Waals surface area (Å²) in [5, 5.41) is 4.82.